The minimum absolute atomic E-state index is 0.0268. The average molecular weight is 511 g/mol. The van der Waals surface area contributed by atoms with Gasteiger partial charge in [-0.15, -0.1) is 0 Å². The number of anilines is 2. The van der Waals surface area contributed by atoms with E-state index in [2.05, 4.69) is 9.97 Å². The van der Waals surface area contributed by atoms with Crippen LogP contribution in [0, 0.1) is 17.1 Å². The molecule has 35 heavy (non-hydrogen) atoms. The minimum atomic E-state index is -4.85. The highest BCUT2D eigenvalue weighted by atomic mass is 32.2. The van der Waals surface area contributed by atoms with Gasteiger partial charge in [0.2, 0.25) is 0 Å². The largest absolute Gasteiger partial charge is 0.465 e. The van der Waals surface area contributed by atoms with Crippen molar-refractivity contribution in [3.05, 3.63) is 40.8 Å². The number of thioether (sulfide) groups is 1. The quantitative estimate of drug-likeness (QED) is 0.375. The van der Waals surface area contributed by atoms with Crippen LogP contribution in [0.2, 0.25) is 0 Å². The molecule has 1 fully saturated rings. The van der Waals surface area contributed by atoms with Crippen molar-refractivity contribution < 1.29 is 27.5 Å². The maximum absolute atomic E-state index is 14.2. The summed E-state index contributed by atoms with van der Waals surface area (Å²) in [6.45, 7) is 1.06. The molecule has 2 aromatic rings. The van der Waals surface area contributed by atoms with Crippen LogP contribution in [0.4, 0.5) is 33.9 Å². The molecule has 1 aromatic heterocycles. The molecule has 1 saturated heterocycles. The fraction of sp³-hybridized carbons (Fsp3) is 0.455. The molecule has 0 aliphatic carbocycles. The highest BCUT2D eigenvalue weighted by Gasteiger charge is 2.39. The summed E-state index contributed by atoms with van der Waals surface area (Å²) in [6.07, 6.45) is -3.80. The Morgan fingerprint density at radius 2 is 2.03 bits per heavy atom. The van der Waals surface area contributed by atoms with Crippen LogP contribution in [0.25, 0.3) is 0 Å². The number of amides is 1. The van der Waals surface area contributed by atoms with Gasteiger partial charge >= 0.3 is 12.3 Å². The Morgan fingerprint density at radius 3 is 2.69 bits per heavy atom. The number of carbonyl (C=O) groups is 1. The van der Waals surface area contributed by atoms with Gasteiger partial charge in [-0.1, -0.05) is 17.8 Å². The smallest absolute Gasteiger partial charge is 0.421 e. The lowest BCUT2D eigenvalue weighted by molar-refractivity contribution is -0.139. The highest BCUT2D eigenvalue weighted by molar-refractivity contribution is 7.98. The molecule has 0 saturated carbocycles. The van der Waals surface area contributed by atoms with Crippen molar-refractivity contribution in [1.82, 2.24) is 14.9 Å². The molecule has 3 heterocycles. The normalized spacial score (nSPS) is 18.3. The van der Waals surface area contributed by atoms with E-state index in [-0.39, 0.29) is 38.3 Å². The third kappa shape index (κ3) is 4.93. The molecule has 2 aliphatic rings. The molecule has 186 valence electrons. The standard InChI is InChI=1S/C22H22F4N6O2S/c1-35-20-28-16-12-30(17-4-2-3-15(23)18(17)22(24,25)26)8-6-14(16)19(29-20)31-9-10-32(21(33)34)13(11-31)5-7-27/h2-4,13H,5-6,8-12H2,1H3,(H,33,34)/t13-/m0/s1. The Bertz CT molecular complexity index is 1170. The van der Waals surface area contributed by atoms with Gasteiger partial charge in [-0.25, -0.2) is 19.2 Å². The SMILES string of the molecule is CSc1nc2c(c(N3CCN(C(=O)O)[C@@H](CC#N)C3)n1)CCN(c1cccc(F)c1C(F)(F)F)C2. The van der Waals surface area contributed by atoms with Gasteiger partial charge in [0.05, 0.1) is 36.5 Å². The van der Waals surface area contributed by atoms with Crippen molar-refractivity contribution in [1.29, 1.82) is 5.26 Å². The van der Waals surface area contributed by atoms with E-state index in [1.165, 1.54) is 33.7 Å². The van der Waals surface area contributed by atoms with Crippen LogP contribution in [-0.4, -0.2) is 64.5 Å². The minimum Gasteiger partial charge on any atom is -0.465 e. The van der Waals surface area contributed by atoms with Crippen LogP contribution in [0.3, 0.4) is 0 Å². The zero-order chi connectivity index (χ0) is 25.3. The monoisotopic (exact) mass is 510 g/mol. The molecule has 0 spiro atoms. The number of benzene rings is 1. The predicted octanol–water partition coefficient (Wildman–Crippen LogP) is 4.00. The van der Waals surface area contributed by atoms with Gasteiger partial charge in [0.25, 0.3) is 0 Å². The predicted molar refractivity (Wildman–Crippen MR) is 121 cm³/mol. The van der Waals surface area contributed by atoms with Gasteiger partial charge < -0.3 is 19.8 Å². The van der Waals surface area contributed by atoms with Gasteiger partial charge in [-0.2, -0.15) is 18.4 Å². The van der Waals surface area contributed by atoms with E-state index in [0.717, 1.165) is 11.6 Å². The maximum atomic E-state index is 14.2. The van der Waals surface area contributed by atoms with Crippen molar-refractivity contribution >= 4 is 29.4 Å². The molecule has 8 nitrogen and oxygen atoms in total. The van der Waals surface area contributed by atoms with E-state index in [1.807, 2.05) is 11.0 Å². The fourth-order valence-electron chi connectivity index (χ4n) is 4.58. The van der Waals surface area contributed by atoms with E-state index >= 15 is 0 Å². The first-order valence-electron chi connectivity index (χ1n) is 10.8. The summed E-state index contributed by atoms with van der Waals surface area (Å²) in [4.78, 5) is 25.4. The highest BCUT2D eigenvalue weighted by Crippen LogP contribution is 2.40. The average Bonchev–Trinajstić information content (AvgIpc) is 2.82. The molecular weight excluding hydrogens is 488 g/mol. The molecule has 2 aliphatic heterocycles. The van der Waals surface area contributed by atoms with Crippen molar-refractivity contribution in [3.63, 3.8) is 0 Å². The second kappa shape index (κ2) is 9.77. The van der Waals surface area contributed by atoms with Gasteiger partial charge in [-0.3, -0.25) is 0 Å². The lowest BCUT2D eigenvalue weighted by Gasteiger charge is -2.41. The van der Waals surface area contributed by atoms with Crippen molar-refractivity contribution in [2.45, 2.75) is 36.8 Å². The second-order valence-electron chi connectivity index (χ2n) is 8.20. The first-order valence-corrected chi connectivity index (χ1v) is 12.0. The third-order valence-electron chi connectivity index (χ3n) is 6.18. The number of fused-ring (bicyclic) bond motifs is 1. The molecule has 1 atom stereocenters. The summed E-state index contributed by atoms with van der Waals surface area (Å²) >= 11 is 1.28. The zero-order valence-corrected chi connectivity index (χ0v) is 19.5. The number of piperazine rings is 1. The molecule has 0 bridgehead atoms. The fourth-order valence-corrected chi connectivity index (χ4v) is 4.96. The number of nitriles is 1. The van der Waals surface area contributed by atoms with Crippen LogP contribution in [0.15, 0.2) is 23.4 Å². The van der Waals surface area contributed by atoms with Crippen LogP contribution in [-0.2, 0) is 19.1 Å². The van der Waals surface area contributed by atoms with E-state index in [0.29, 0.717) is 29.6 Å². The summed E-state index contributed by atoms with van der Waals surface area (Å²) < 4.78 is 55.0. The Kier molecular flexibility index (Phi) is 6.93. The Hall–Kier alpha value is -3.27. The Labute approximate surface area is 203 Å². The van der Waals surface area contributed by atoms with Crippen LogP contribution < -0.4 is 9.80 Å². The maximum Gasteiger partial charge on any atom is 0.421 e. The summed E-state index contributed by atoms with van der Waals surface area (Å²) in [7, 11) is 0. The number of halogens is 4. The van der Waals surface area contributed by atoms with E-state index in [4.69, 9.17) is 5.26 Å². The van der Waals surface area contributed by atoms with Crippen molar-refractivity contribution in [2.75, 3.05) is 42.2 Å². The number of rotatable bonds is 4. The van der Waals surface area contributed by atoms with Gasteiger partial charge in [0.1, 0.15) is 17.2 Å². The van der Waals surface area contributed by atoms with E-state index in [1.54, 1.807) is 6.26 Å². The molecule has 13 heteroatoms. The van der Waals surface area contributed by atoms with E-state index < -0.39 is 29.7 Å². The Morgan fingerprint density at radius 1 is 1.26 bits per heavy atom. The van der Waals surface area contributed by atoms with Gasteiger partial charge in [-0.05, 0) is 24.8 Å². The summed E-state index contributed by atoms with van der Waals surface area (Å²) in [5.74, 6) is -0.726. The summed E-state index contributed by atoms with van der Waals surface area (Å²) in [5, 5.41) is 19.0. The number of aromatic nitrogens is 2. The summed E-state index contributed by atoms with van der Waals surface area (Å²) in [5.41, 5.74) is -0.228. The van der Waals surface area contributed by atoms with E-state index in [9.17, 15) is 27.5 Å². The lowest BCUT2D eigenvalue weighted by atomic mass is 10.0. The number of alkyl halides is 3. The summed E-state index contributed by atoms with van der Waals surface area (Å²) in [6, 6.07) is 4.80. The number of hydrogen-bond donors (Lipinski definition) is 1. The van der Waals surface area contributed by atoms with Crippen molar-refractivity contribution in [2.24, 2.45) is 0 Å². The third-order valence-corrected chi connectivity index (χ3v) is 6.72. The molecule has 1 N–H and O–H groups in total. The number of carboxylic acid groups (broad SMARTS) is 1. The van der Waals surface area contributed by atoms with Crippen LogP contribution >= 0.6 is 11.8 Å². The van der Waals surface area contributed by atoms with Gasteiger partial charge in [0, 0.05) is 31.7 Å². The molecule has 1 amide bonds. The lowest BCUT2D eigenvalue weighted by Crippen LogP contribution is -2.55. The zero-order valence-electron chi connectivity index (χ0n) is 18.7. The molecule has 1 aromatic carbocycles. The molecular formula is C22H22F4N6O2S. The number of nitrogens with zero attached hydrogens (tertiary/aromatic N) is 6. The molecule has 0 radical (unpaired) electrons. The topological polar surface area (TPSA) is 96.6 Å². The van der Waals surface area contributed by atoms with Crippen molar-refractivity contribution in [3.8, 4) is 6.07 Å². The van der Waals surface area contributed by atoms with Gasteiger partial charge in [0.15, 0.2) is 5.16 Å². The first-order chi connectivity index (χ1) is 16.6. The second-order valence-corrected chi connectivity index (χ2v) is 8.97. The Balaban J connectivity index is 1.68. The first kappa shape index (κ1) is 24.8. The van der Waals surface area contributed by atoms with Crippen LogP contribution in [0.1, 0.15) is 23.2 Å². The molecule has 0 unspecified atom stereocenters. The number of hydrogen-bond acceptors (Lipinski definition) is 7. The van der Waals surface area contributed by atoms with Crippen LogP contribution in [0.5, 0.6) is 0 Å². The molecule has 4 rings (SSSR count).